The summed E-state index contributed by atoms with van der Waals surface area (Å²) < 4.78 is 0. The van der Waals surface area contributed by atoms with E-state index < -0.39 is 0 Å². The maximum atomic E-state index is 2.30. The zero-order valence-corrected chi connectivity index (χ0v) is 22.8. The Kier molecular flexibility index (Phi) is 6.73. The third-order valence-electron chi connectivity index (χ3n) is 8.03. The molecule has 0 bridgehead atoms. The Morgan fingerprint density at radius 2 is 0.585 bits per heavy atom. The molecule has 0 N–H and O–H groups in total. The molecule has 41 heavy (non-hydrogen) atoms. The van der Waals surface area contributed by atoms with Crippen LogP contribution in [0.3, 0.4) is 0 Å². The van der Waals surface area contributed by atoms with E-state index in [9.17, 15) is 0 Å². The van der Waals surface area contributed by atoms with Crippen LogP contribution in [0.15, 0.2) is 176 Å². The maximum Gasteiger partial charge on any atom is 0.0340 e. The van der Waals surface area contributed by atoms with Gasteiger partial charge in [-0.2, -0.15) is 0 Å². The van der Waals surface area contributed by atoms with Crippen molar-refractivity contribution in [2.45, 2.75) is 5.92 Å². The first-order valence-corrected chi connectivity index (χ1v) is 14.2. The van der Waals surface area contributed by atoms with Gasteiger partial charge in [-0.05, 0) is 66.9 Å². The molecule has 0 fully saturated rings. The average Bonchev–Trinajstić information content (AvgIpc) is 3.06. The van der Waals surface area contributed by atoms with Gasteiger partial charge in [-0.15, -0.1) is 0 Å². The van der Waals surface area contributed by atoms with Gasteiger partial charge in [0.25, 0.3) is 0 Å². The van der Waals surface area contributed by atoms with Crippen molar-refractivity contribution in [1.82, 2.24) is 0 Å². The van der Waals surface area contributed by atoms with Crippen molar-refractivity contribution in [2.24, 2.45) is 0 Å². The molecule has 7 rings (SSSR count). The van der Waals surface area contributed by atoms with Crippen molar-refractivity contribution in [1.29, 1.82) is 0 Å². The summed E-state index contributed by atoms with van der Waals surface area (Å²) in [5, 5.41) is 2.54. The van der Waals surface area contributed by atoms with Crippen LogP contribution in [-0.2, 0) is 0 Å². The van der Waals surface area contributed by atoms with Gasteiger partial charge in [-0.1, -0.05) is 170 Å². The van der Waals surface area contributed by atoms with Gasteiger partial charge in [0.15, 0.2) is 0 Å². The maximum absolute atomic E-state index is 2.30. The fourth-order valence-electron chi connectivity index (χ4n) is 5.81. The summed E-state index contributed by atoms with van der Waals surface area (Å²) in [6, 6.07) is 63.7. The third-order valence-corrected chi connectivity index (χ3v) is 8.03. The Morgan fingerprint density at radius 3 is 1.05 bits per heavy atom. The first-order chi connectivity index (χ1) is 20.3. The lowest BCUT2D eigenvalue weighted by atomic mass is 9.83. The van der Waals surface area contributed by atoms with E-state index in [0.29, 0.717) is 0 Å². The molecule has 0 radical (unpaired) electrons. The van der Waals surface area contributed by atoms with E-state index in [1.54, 1.807) is 0 Å². The predicted molar refractivity (Wildman–Crippen MR) is 174 cm³/mol. The van der Waals surface area contributed by atoms with Crippen LogP contribution < -0.4 is 0 Å². The standard InChI is InChI=1S/C41H30/c1-3-9-30(10-4-1)33-15-22-36(23-16-33)41(37-24-17-34(18-25-37)31-11-5-2-6-12-31)38-26-19-35(20-27-38)40-28-21-32-13-7-8-14-39(32)29-40/h1-29,41H. The van der Waals surface area contributed by atoms with E-state index in [0.717, 1.165) is 0 Å². The third kappa shape index (κ3) is 5.21. The largest absolute Gasteiger partial charge is 0.0622 e. The van der Waals surface area contributed by atoms with Gasteiger partial charge in [0.05, 0.1) is 0 Å². The van der Waals surface area contributed by atoms with Gasteiger partial charge in [-0.3, -0.25) is 0 Å². The Balaban J connectivity index is 1.26. The molecule has 0 saturated carbocycles. The quantitative estimate of drug-likeness (QED) is 0.191. The van der Waals surface area contributed by atoms with Crippen LogP contribution in [0.25, 0.3) is 44.2 Å². The first-order valence-electron chi connectivity index (χ1n) is 14.2. The lowest BCUT2D eigenvalue weighted by Gasteiger charge is -2.20. The molecule has 194 valence electrons. The molecular weight excluding hydrogens is 492 g/mol. The van der Waals surface area contributed by atoms with Gasteiger partial charge in [0, 0.05) is 5.92 Å². The predicted octanol–water partition coefficient (Wildman–Crippen LogP) is 11.0. The number of rotatable bonds is 6. The summed E-state index contributed by atoms with van der Waals surface area (Å²) in [5.41, 5.74) is 11.3. The van der Waals surface area contributed by atoms with Gasteiger partial charge >= 0.3 is 0 Å². The molecule has 0 unspecified atom stereocenters. The van der Waals surface area contributed by atoms with Gasteiger partial charge in [-0.25, -0.2) is 0 Å². The van der Waals surface area contributed by atoms with Gasteiger partial charge < -0.3 is 0 Å². The van der Waals surface area contributed by atoms with Crippen molar-refractivity contribution in [3.8, 4) is 33.4 Å². The van der Waals surface area contributed by atoms with Crippen LogP contribution in [0, 0.1) is 0 Å². The Hall–Kier alpha value is -5.20. The van der Waals surface area contributed by atoms with Crippen LogP contribution in [0.2, 0.25) is 0 Å². The molecule has 0 aliphatic rings. The highest BCUT2D eigenvalue weighted by molar-refractivity contribution is 5.87. The normalized spacial score (nSPS) is 11.1. The van der Waals surface area contributed by atoms with Crippen molar-refractivity contribution in [3.05, 3.63) is 193 Å². The SMILES string of the molecule is c1ccc(-c2ccc(C(c3ccc(-c4ccccc4)cc3)c3ccc(-c4ccc5ccccc5c4)cc3)cc2)cc1. The second kappa shape index (κ2) is 11.1. The molecule has 0 spiro atoms. The van der Waals surface area contributed by atoms with Crippen LogP contribution in [-0.4, -0.2) is 0 Å². The van der Waals surface area contributed by atoms with Gasteiger partial charge in [0.2, 0.25) is 0 Å². The molecule has 0 aliphatic carbocycles. The first kappa shape index (κ1) is 24.8. The molecule has 7 aromatic carbocycles. The summed E-state index contributed by atoms with van der Waals surface area (Å²) in [6.45, 7) is 0. The average molecular weight is 523 g/mol. The molecule has 0 heterocycles. The van der Waals surface area contributed by atoms with Crippen LogP contribution in [0.4, 0.5) is 0 Å². The van der Waals surface area contributed by atoms with Crippen LogP contribution >= 0.6 is 0 Å². The smallest absolute Gasteiger partial charge is 0.0340 e. The summed E-state index contributed by atoms with van der Waals surface area (Å²) >= 11 is 0. The summed E-state index contributed by atoms with van der Waals surface area (Å²) in [4.78, 5) is 0. The minimum Gasteiger partial charge on any atom is -0.0622 e. The monoisotopic (exact) mass is 522 g/mol. The highest BCUT2D eigenvalue weighted by atomic mass is 14.2. The topological polar surface area (TPSA) is 0 Å². The van der Waals surface area contributed by atoms with Gasteiger partial charge in [0.1, 0.15) is 0 Å². The molecular formula is C41H30. The van der Waals surface area contributed by atoms with Crippen molar-refractivity contribution >= 4 is 10.8 Å². The molecule has 0 aromatic heterocycles. The van der Waals surface area contributed by atoms with Crippen LogP contribution in [0.1, 0.15) is 22.6 Å². The van der Waals surface area contributed by atoms with E-state index in [-0.39, 0.29) is 5.92 Å². The second-order valence-electron chi connectivity index (χ2n) is 10.6. The van der Waals surface area contributed by atoms with E-state index in [1.807, 2.05) is 0 Å². The van der Waals surface area contributed by atoms with E-state index in [1.165, 1.54) is 60.8 Å². The minimum atomic E-state index is 0.135. The minimum absolute atomic E-state index is 0.135. The molecule has 0 nitrogen and oxygen atoms in total. The van der Waals surface area contributed by atoms with E-state index in [2.05, 4.69) is 176 Å². The fourth-order valence-corrected chi connectivity index (χ4v) is 5.81. The number of fused-ring (bicyclic) bond motifs is 1. The zero-order valence-electron chi connectivity index (χ0n) is 22.8. The molecule has 0 saturated heterocycles. The van der Waals surface area contributed by atoms with Crippen molar-refractivity contribution in [2.75, 3.05) is 0 Å². The fraction of sp³-hybridized carbons (Fsp3) is 0.0244. The van der Waals surface area contributed by atoms with Crippen LogP contribution in [0.5, 0.6) is 0 Å². The number of hydrogen-bond acceptors (Lipinski definition) is 0. The Morgan fingerprint density at radius 1 is 0.244 bits per heavy atom. The second-order valence-corrected chi connectivity index (χ2v) is 10.6. The van der Waals surface area contributed by atoms with E-state index >= 15 is 0 Å². The van der Waals surface area contributed by atoms with Crippen molar-refractivity contribution < 1.29 is 0 Å². The lowest BCUT2D eigenvalue weighted by Crippen LogP contribution is -2.03. The zero-order chi connectivity index (χ0) is 27.4. The highest BCUT2D eigenvalue weighted by Gasteiger charge is 2.18. The Bertz CT molecular complexity index is 1800. The molecule has 0 atom stereocenters. The number of benzene rings is 7. The molecule has 0 heteroatoms. The highest BCUT2D eigenvalue weighted by Crippen LogP contribution is 2.36. The lowest BCUT2D eigenvalue weighted by molar-refractivity contribution is 0.978. The van der Waals surface area contributed by atoms with E-state index in [4.69, 9.17) is 0 Å². The Labute approximate surface area is 242 Å². The molecule has 7 aromatic rings. The molecule has 0 aliphatic heterocycles. The summed E-state index contributed by atoms with van der Waals surface area (Å²) in [5.74, 6) is 0.135. The number of hydrogen-bond donors (Lipinski definition) is 0. The summed E-state index contributed by atoms with van der Waals surface area (Å²) in [7, 11) is 0. The van der Waals surface area contributed by atoms with Crippen molar-refractivity contribution in [3.63, 3.8) is 0 Å². The summed E-state index contributed by atoms with van der Waals surface area (Å²) in [6.07, 6.45) is 0. The molecule has 0 amide bonds.